The number of ether oxygens (including phenoxy) is 3. The van der Waals surface area contributed by atoms with Gasteiger partial charge in [0.15, 0.2) is 6.79 Å². The minimum absolute atomic E-state index is 0.119. The van der Waals surface area contributed by atoms with E-state index in [0.717, 1.165) is 0 Å². The molecule has 4 nitrogen and oxygen atoms in total. The fourth-order valence-corrected chi connectivity index (χ4v) is 0.473. The van der Waals surface area contributed by atoms with Crippen LogP contribution in [0.15, 0.2) is 0 Å². The van der Waals surface area contributed by atoms with Gasteiger partial charge in [0.05, 0.1) is 6.61 Å². The Morgan fingerprint density at radius 1 is 1.31 bits per heavy atom. The number of carbonyl (C=O) groups is 1. The number of carbonyl (C=O) groups excluding carboxylic acids is 1. The van der Waals surface area contributed by atoms with Crippen LogP contribution >= 0.6 is 0 Å². The molecule has 0 N–H and O–H groups in total. The lowest BCUT2D eigenvalue weighted by atomic mass is 10.6. The Morgan fingerprint density at radius 2 is 1.92 bits per heavy atom. The summed E-state index contributed by atoms with van der Waals surface area (Å²) in [6, 6.07) is 0. The van der Waals surface area contributed by atoms with Crippen molar-refractivity contribution < 1.29 is 27.8 Å². The number of esters is 1. The van der Waals surface area contributed by atoms with Crippen molar-refractivity contribution in [1.82, 2.24) is 0 Å². The summed E-state index contributed by atoms with van der Waals surface area (Å²) in [4.78, 5) is 10.5. The smallest absolute Gasteiger partial charge is 0.458 e. The van der Waals surface area contributed by atoms with E-state index in [1.807, 2.05) is 0 Å². The second-order valence-electron chi connectivity index (χ2n) is 1.99. The van der Waals surface area contributed by atoms with Crippen LogP contribution in [0.3, 0.4) is 0 Å². The highest BCUT2D eigenvalue weighted by atomic mass is 19.3. The van der Waals surface area contributed by atoms with Crippen LogP contribution in [0.2, 0.25) is 0 Å². The molecule has 0 aliphatic carbocycles. The fraction of sp³-hybridized carbons (Fsp3) is 0.857. The monoisotopic (exact) mass is 198 g/mol. The van der Waals surface area contributed by atoms with Gasteiger partial charge in [-0.15, -0.1) is 0 Å². The molecule has 0 saturated heterocycles. The molecule has 78 valence electrons. The third kappa shape index (κ3) is 4.74. The summed E-state index contributed by atoms with van der Waals surface area (Å²) < 4.78 is 37.5. The van der Waals surface area contributed by atoms with Crippen LogP contribution in [-0.2, 0) is 19.0 Å². The van der Waals surface area contributed by atoms with E-state index in [2.05, 4.69) is 14.2 Å². The van der Waals surface area contributed by atoms with Crippen LogP contribution in [0.1, 0.15) is 13.8 Å². The minimum atomic E-state index is -3.93. The summed E-state index contributed by atoms with van der Waals surface area (Å²) in [5, 5.41) is 0. The zero-order valence-corrected chi connectivity index (χ0v) is 7.51. The molecule has 13 heavy (non-hydrogen) atoms. The van der Waals surface area contributed by atoms with Crippen molar-refractivity contribution in [3.05, 3.63) is 0 Å². The SMILES string of the molecule is CCOCOC(F)(F)C(=O)OCC. The highest BCUT2D eigenvalue weighted by molar-refractivity contribution is 5.75. The fourth-order valence-electron chi connectivity index (χ4n) is 0.473. The average Bonchev–Trinajstić information content (AvgIpc) is 2.05. The molecule has 0 heterocycles. The highest BCUT2D eigenvalue weighted by Gasteiger charge is 2.42. The predicted octanol–water partition coefficient (Wildman–Crippen LogP) is 1.15. The molecule has 0 unspecified atom stereocenters. The lowest BCUT2D eigenvalue weighted by molar-refractivity contribution is -0.275. The molecule has 0 aromatic carbocycles. The third-order valence-corrected chi connectivity index (χ3v) is 1.04. The molecule has 0 spiro atoms. The van der Waals surface area contributed by atoms with Crippen LogP contribution in [0.25, 0.3) is 0 Å². The van der Waals surface area contributed by atoms with Crippen LogP contribution in [0.4, 0.5) is 8.78 Å². The Labute approximate surface area is 74.8 Å². The van der Waals surface area contributed by atoms with E-state index in [1.54, 1.807) is 6.92 Å². The van der Waals surface area contributed by atoms with E-state index in [1.165, 1.54) is 6.92 Å². The standard InChI is InChI=1S/C7H12F2O4/c1-3-11-5-13-7(8,9)6(10)12-4-2/h3-5H2,1-2H3. The van der Waals surface area contributed by atoms with Gasteiger partial charge in [-0.3, -0.25) is 4.74 Å². The molecule has 0 fully saturated rings. The van der Waals surface area contributed by atoms with Crippen molar-refractivity contribution in [3.8, 4) is 0 Å². The first-order valence-electron chi connectivity index (χ1n) is 3.81. The molecule has 6 heteroatoms. The lowest BCUT2D eigenvalue weighted by Crippen LogP contribution is -2.34. The first kappa shape index (κ1) is 12.2. The van der Waals surface area contributed by atoms with E-state index in [4.69, 9.17) is 0 Å². The first-order valence-corrected chi connectivity index (χ1v) is 3.81. The van der Waals surface area contributed by atoms with E-state index in [9.17, 15) is 13.6 Å². The van der Waals surface area contributed by atoms with Crippen molar-refractivity contribution in [2.75, 3.05) is 20.0 Å². The molecule has 0 aromatic rings. The third-order valence-electron chi connectivity index (χ3n) is 1.04. The molecular weight excluding hydrogens is 186 g/mol. The zero-order valence-electron chi connectivity index (χ0n) is 7.51. The number of hydrogen-bond acceptors (Lipinski definition) is 4. The maximum atomic E-state index is 12.6. The number of rotatable bonds is 6. The summed E-state index contributed by atoms with van der Waals surface area (Å²) in [6.45, 7) is 2.52. The van der Waals surface area contributed by atoms with Gasteiger partial charge in [-0.25, -0.2) is 4.79 Å². The Kier molecular flexibility index (Phi) is 5.48. The van der Waals surface area contributed by atoms with Gasteiger partial charge in [-0.1, -0.05) is 0 Å². The average molecular weight is 198 g/mol. The van der Waals surface area contributed by atoms with E-state index < -0.39 is 18.9 Å². The van der Waals surface area contributed by atoms with E-state index in [-0.39, 0.29) is 13.2 Å². The van der Waals surface area contributed by atoms with Gasteiger partial charge < -0.3 is 9.47 Å². The predicted molar refractivity (Wildman–Crippen MR) is 39.2 cm³/mol. The van der Waals surface area contributed by atoms with Crippen molar-refractivity contribution in [3.63, 3.8) is 0 Å². The Morgan fingerprint density at radius 3 is 2.38 bits per heavy atom. The maximum absolute atomic E-state index is 12.6. The van der Waals surface area contributed by atoms with Crippen LogP contribution in [-0.4, -0.2) is 32.1 Å². The Bertz CT molecular complexity index is 161. The Balaban J connectivity index is 3.83. The molecule has 0 atom stereocenters. The van der Waals surface area contributed by atoms with Gasteiger partial charge in [-0.2, -0.15) is 8.78 Å². The maximum Gasteiger partial charge on any atom is 0.458 e. The van der Waals surface area contributed by atoms with E-state index >= 15 is 0 Å². The molecule has 0 aromatic heterocycles. The quantitative estimate of drug-likeness (QED) is 0.365. The van der Waals surface area contributed by atoms with Crippen LogP contribution < -0.4 is 0 Å². The number of halogens is 2. The molecule has 0 rings (SSSR count). The summed E-state index contributed by atoms with van der Waals surface area (Å²) >= 11 is 0. The zero-order chi connectivity index (χ0) is 10.3. The minimum Gasteiger partial charge on any atom is -0.460 e. The van der Waals surface area contributed by atoms with Crippen molar-refractivity contribution in [1.29, 1.82) is 0 Å². The van der Waals surface area contributed by atoms with Gasteiger partial charge >= 0.3 is 12.1 Å². The molecule has 0 aliphatic rings. The normalized spacial score (nSPS) is 11.4. The summed E-state index contributed by atoms with van der Waals surface area (Å²) in [6.07, 6.45) is -3.93. The lowest BCUT2D eigenvalue weighted by Gasteiger charge is -2.14. The molecule has 0 aliphatic heterocycles. The van der Waals surface area contributed by atoms with Crippen molar-refractivity contribution in [2.45, 2.75) is 20.0 Å². The van der Waals surface area contributed by atoms with Gasteiger partial charge in [0.2, 0.25) is 0 Å². The van der Waals surface area contributed by atoms with Gasteiger partial charge in [-0.05, 0) is 13.8 Å². The summed E-state index contributed by atoms with van der Waals surface area (Å²) in [5.41, 5.74) is 0. The first-order chi connectivity index (χ1) is 6.04. The highest BCUT2D eigenvalue weighted by Crippen LogP contribution is 2.16. The summed E-state index contributed by atoms with van der Waals surface area (Å²) in [5.74, 6) is -1.70. The van der Waals surface area contributed by atoms with E-state index in [0.29, 0.717) is 0 Å². The number of hydrogen-bond donors (Lipinski definition) is 0. The second kappa shape index (κ2) is 5.82. The van der Waals surface area contributed by atoms with Crippen molar-refractivity contribution >= 4 is 5.97 Å². The Hall–Kier alpha value is -0.750. The largest absolute Gasteiger partial charge is 0.460 e. The molecule has 0 saturated carbocycles. The van der Waals surface area contributed by atoms with Crippen LogP contribution in [0, 0.1) is 0 Å². The van der Waals surface area contributed by atoms with Gasteiger partial charge in [0.25, 0.3) is 0 Å². The molecular formula is C7H12F2O4. The molecule has 0 amide bonds. The van der Waals surface area contributed by atoms with Crippen LogP contribution in [0.5, 0.6) is 0 Å². The topological polar surface area (TPSA) is 44.8 Å². The van der Waals surface area contributed by atoms with Gasteiger partial charge in [0.1, 0.15) is 0 Å². The second-order valence-corrected chi connectivity index (χ2v) is 1.99. The number of alkyl halides is 2. The van der Waals surface area contributed by atoms with Gasteiger partial charge in [0, 0.05) is 6.61 Å². The summed E-state index contributed by atoms with van der Waals surface area (Å²) in [7, 11) is 0. The van der Waals surface area contributed by atoms with Crippen molar-refractivity contribution in [2.24, 2.45) is 0 Å². The molecule has 0 bridgehead atoms. The molecule has 0 radical (unpaired) electrons.